The van der Waals surface area contributed by atoms with Crippen molar-refractivity contribution < 1.29 is 4.79 Å². The molecule has 0 saturated heterocycles. The number of nitrogens with zero attached hydrogens (tertiary/aromatic N) is 2. The minimum atomic E-state index is -0.129. The number of aromatic amines is 1. The van der Waals surface area contributed by atoms with Gasteiger partial charge in [-0.15, -0.1) is 0 Å². The Balaban J connectivity index is 2.07. The lowest BCUT2D eigenvalue weighted by Gasteiger charge is -2.03. The highest BCUT2D eigenvalue weighted by molar-refractivity contribution is 9.10. The molecule has 2 aromatic heterocycles. The van der Waals surface area contributed by atoms with Crippen LogP contribution in [0.1, 0.15) is 23.3 Å². The van der Waals surface area contributed by atoms with Crippen LogP contribution in [0, 0.1) is 0 Å². The molecular weight excluding hydrogens is 272 g/mol. The average Bonchev–Trinajstić information content (AvgIpc) is 3.02. The van der Waals surface area contributed by atoms with E-state index in [1.54, 1.807) is 6.20 Å². The van der Waals surface area contributed by atoms with Gasteiger partial charge in [0.15, 0.2) is 0 Å². The number of fused-ring (bicyclic) bond motifs is 1. The van der Waals surface area contributed by atoms with E-state index >= 15 is 0 Å². The molecule has 1 saturated carbocycles. The van der Waals surface area contributed by atoms with Gasteiger partial charge in [-0.2, -0.15) is 0 Å². The molecule has 1 aliphatic rings. The summed E-state index contributed by atoms with van der Waals surface area (Å²) in [6.45, 7) is 0. The number of aromatic nitrogens is 3. The smallest absolute Gasteiger partial charge is 0.270 e. The van der Waals surface area contributed by atoms with Crippen LogP contribution >= 0.6 is 15.9 Å². The fraction of sp³-hybridized carbons (Fsp3) is 0.300. The largest absolute Gasteiger partial charge is 0.348 e. The van der Waals surface area contributed by atoms with Crippen molar-refractivity contribution in [3.63, 3.8) is 0 Å². The van der Waals surface area contributed by atoms with Gasteiger partial charge in [-0.25, -0.2) is 9.97 Å². The van der Waals surface area contributed by atoms with Crippen molar-refractivity contribution in [3.05, 3.63) is 22.7 Å². The molecule has 3 rings (SSSR count). The number of amides is 1. The molecule has 2 N–H and O–H groups in total. The Hall–Kier alpha value is -1.43. The minimum absolute atomic E-state index is 0.129. The SMILES string of the molecule is O=C(NC1CC1)c1ncnc2[nH]cc(Br)c12. The molecule has 1 aliphatic carbocycles. The Kier molecular flexibility index (Phi) is 2.17. The topological polar surface area (TPSA) is 70.7 Å². The molecule has 0 unspecified atom stereocenters. The maximum absolute atomic E-state index is 11.9. The highest BCUT2D eigenvalue weighted by Gasteiger charge is 2.25. The van der Waals surface area contributed by atoms with E-state index < -0.39 is 0 Å². The number of nitrogens with one attached hydrogen (secondary N) is 2. The Bertz CT molecular complexity index is 561. The van der Waals surface area contributed by atoms with Crippen molar-refractivity contribution >= 4 is 32.9 Å². The van der Waals surface area contributed by atoms with Crippen LogP contribution in [0.2, 0.25) is 0 Å². The van der Waals surface area contributed by atoms with Crippen LogP contribution in [0.25, 0.3) is 11.0 Å². The van der Waals surface area contributed by atoms with Crippen molar-refractivity contribution in [2.24, 2.45) is 0 Å². The Morgan fingerprint density at radius 1 is 1.50 bits per heavy atom. The van der Waals surface area contributed by atoms with Gasteiger partial charge in [0.05, 0.1) is 5.39 Å². The number of hydrogen-bond donors (Lipinski definition) is 2. The maximum atomic E-state index is 11.9. The first-order valence-corrected chi connectivity index (χ1v) is 5.83. The first-order chi connectivity index (χ1) is 7.75. The van der Waals surface area contributed by atoms with Crippen LogP contribution in [0.15, 0.2) is 17.0 Å². The van der Waals surface area contributed by atoms with Crippen molar-refractivity contribution in [3.8, 4) is 0 Å². The standard InChI is InChI=1S/C10H9BrN4O/c11-6-3-12-9-7(6)8(13-4-14-9)10(16)15-5-1-2-5/h3-5H,1-2H2,(H,15,16)(H,12,13,14). The Labute approximate surface area is 99.8 Å². The molecule has 82 valence electrons. The predicted molar refractivity (Wildman–Crippen MR) is 62.1 cm³/mol. The molecule has 0 aromatic carbocycles. The van der Waals surface area contributed by atoms with E-state index in [2.05, 4.69) is 36.2 Å². The lowest BCUT2D eigenvalue weighted by molar-refractivity contribution is 0.0948. The van der Waals surface area contributed by atoms with Gasteiger partial charge in [-0.05, 0) is 28.8 Å². The second-order valence-electron chi connectivity index (χ2n) is 3.83. The fourth-order valence-electron chi connectivity index (χ4n) is 1.58. The minimum Gasteiger partial charge on any atom is -0.348 e. The molecule has 2 aromatic rings. The first kappa shape index (κ1) is 9.77. The van der Waals surface area contributed by atoms with Crippen LogP contribution in [0.3, 0.4) is 0 Å². The Morgan fingerprint density at radius 3 is 3.06 bits per heavy atom. The van der Waals surface area contributed by atoms with Crippen molar-refractivity contribution in [2.75, 3.05) is 0 Å². The summed E-state index contributed by atoms with van der Waals surface area (Å²) in [6.07, 6.45) is 5.28. The maximum Gasteiger partial charge on any atom is 0.270 e. The third kappa shape index (κ3) is 1.59. The third-order valence-corrected chi connectivity index (χ3v) is 3.17. The molecular formula is C10H9BrN4O. The second-order valence-corrected chi connectivity index (χ2v) is 4.68. The highest BCUT2D eigenvalue weighted by Crippen LogP contribution is 2.25. The summed E-state index contributed by atoms with van der Waals surface area (Å²) in [6, 6.07) is 0.329. The van der Waals surface area contributed by atoms with Gasteiger partial charge < -0.3 is 10.3 Å². The van der Waals surface area contributed by atoms with E-state index in [0.29, 0.717) is 17.4 Å². The number of carbonyl (C=O) groups excluding carboxylic acids is 1. The number of carbonyl (C=O) groups is 1. The summed E-state index contributed by atoms with van der Waals surface area (Å²) in [4.78, 5) is 23.0. The predicted octanol–water partition coefficient (Wildman–Crippen LogP) is 1.61. The van der Waals surface area contributed by atoms with E-state index in [0.717, 1.165) is 22.7 Å². The van der Waals surface area contributed by atoms with Crippen LogP contribution < -0.4 is 5.32 Å². The first-order valence-electron chi connectivity index (χ1n) is 5.04. The molecule has 0 spiro atoms. The van der Waals surface area contributed by atoms with Gasteiger partial charge in [-0.1, -0.05) is 0 Å². The summed E-state index contributed by atoms with van der Waals surface area (Å²) < 4.78 is 0.809. The van der Waals surface area contributed by atoms with Gasteiger partial charge in [-0.3, -0.25) is 4.79 Å². The number of H-pyrrole nitrogens is 1. The van der Waals surface area contributed by atoms with E-state index in [9.17, 15) is 4.79 Å². The van der Waals surface area contributed by atoms with Crippen molar-refractivity contribution in [2.45, 2.75) is 18.9 Å². The lowest BCUT2D eigenvalue weighted by Crippen LogP contribution is -2.26. The molecule has 16 heavy (non-hydrogen) atoms. The molecule has 0 bridgehead atoms. The zero-order valence-electron chi connectivity index (χ0n) is 8.33. The van der Waals surface area contributed by atoms with Crippen LogP contribution in [-0.2, 0) is 0 Å². The third-order valence-electron chi connectivity index (χ3n) is 2.55. The van der Waals surface area contributed by atoms with E-state index in [4.69, 9.17) is 0 Å². The fourth-order valence-corrected chi connectivity index (χ4v) is 2.07. The zero-order valence-corrected chi connectivity index (χ0v) is 9.91. The molecule has 1 fully saturated rings. The number of hydrogen-bond acceptors (Lipinski definition) is 3. The van der Waals surface area contributed by atoms with E-state index in [1.807, 2.05) is 0 Å². The Morgan fingerprint density at radius 2 is 2.31 bits per heavy atom. The normalized spacial score (nSPS) is 15.3. The van der Waals surface area contributed by atoms with Crippen molar-refractivity contribution in [1.29, 1.82) is 0 Å². The molecule has 1 amide bonds. The summed E-state index contributed by atoms with van der Waals surface area (Å²) in [5.74, 6) is -0.129. The summed E-state index contributed by atoms with van der Waals surface area (Å²) in [7, 11) is 0. The second kappa shape index (κ2) is 3.55. The van der Waals surface area contributed by atoms with Crippen molar-refractivity contribution in [1.82, 2.24) is 20.3 Å². The van der Waals surface area contributed by atoms with Crippen LogP contribution in [-0.4, -0.2) is 26.9 Å². The van der Waals surface area contributed by atoms with Gasteiger partial charge in [0.1, 0.15) is 17.7 Å². The lowest BCUT2D eigenvalue weighted by atomic mass is 10.2. The van der Waals surface area contributed by atoms with Gasteiger partial charge >= 0.3 is 0 Å². The van der Waals surface area contributed by atoms with E-state index in [-0.39, 0.29) is 5.91 Å². The molecule has 0 aliphatic heterocycles. The average molecular weight is 281 g/mol. The number of rotatable bonds is 2. The van der Waals surface area contributed by atoms with Crippen LogP contribution in [0.5, 0.6) is 0 Å². The monoisotopic (exact) mass is 280 g/mol. The summed E-state index contributed by atoms with van der Waals surface area (Å²) >= 11 is 3.38. The van der Waals surface area contributed by atoms with Gasteiger partial charge in [0, 0.05) is 16.7 Å². The molecule has 0 radical (unpaired) electrons. The number of halogens is 1. The molecule has 6 heteroatoms. The van der Waals surface area contributed by atoms with Crippen LogP contribution in [0.4, 0.5) is 0 Å². The van der Waals surface area contributed by atoms with Gasteiger partial charge in [0.25, 0.3) is 5.91 Å². The molecule has 0 atom stereocenters. The van der Waals surface area contributed by atoms with E-state index in [1.165, 1.54) is 6.33 Å². The summed E-state index contributed by atoms with van der Waals surface area (Å²) in [5, 5.41) is 3.65. The quantitative estimate of drug-likeness (QED) is 0.878. The zero-order chi connectivity index (χ0) is 11.1. The molecule has 5 nitrogen and oxygen atoms in total. The highest BCUT2D eigenvalue weighted by atomic mass is 79.9. The summed E-state index contributed by atoms with van der Waals surface area (Å²) in [5.41, 5.74) is 1.09. The van der Waals surface area contributed by atoms with Gasteiger partial charge in [0.2, 0.25) is 0 Å². The molecule has 2 heterocycles.